The summed E-state index contributed by atoms with van der Waals surface area (Å²) in [7, 11) is 0. The molecule has 3 aliphatic rings. The van der Waals surface area contributed by atoms with Crippen molar-refractivity contribution in [1.82, 2.24) is 5.32 Å². The van der Waals surface area contributed by atoms with Crippen molar-refractivity contribution in [2.75, 3.05) is 0 Å². The second kappa shape index (κ2) is 4.47. The van der Waals surface area contributed by atoms with E-state index in [2.05, 4.69) is 24.4 Å². The lowest BCUT2D eigenvalue weighted by Gasteiger charge is -2.18. The highest BCUT2D eigenvalue weighted by atomic mass is 16.2. The second-order valence-electron chi connectivity index (χ2n) is 6.60. The topological polar surface area (TPSA) is 29.1 Å². The van der Waals surface area contributed by atoms with Gasteiger partial charge in [-0.3, -0.25) is 4.79 Å². The number of carbonyl (C=O) groups excluding carboxylic acids is 1. The SMILES string of the molecule is CC1=C(c2ccccc2)C1C(=O)NC(C1CC1)C1CC1. The van der Waals surface area contributed by atoms with E-state index in [9.17, 15) is 4.79 Å². The molecule has 104 valence electrons. The van der Waals surface area contributed by atoms with Crippen molar-refractivity contribution in [3.05, 3.63) is 41.5 Å². The molecule has 0 heterocycles. The van der Waals surface area contributed by atoms with E-state index in [1.165, 1.54) is 42.4 Å². The summed E-state index contributed by atoms with van der Waals surface area (Å²) < 4.78 is 0. The molecule has 0 aliphatic heterocycles. The summed E-state index contributed by atoms with van der Waals surface area (Å²) in [6.07, 6.45) is 5.24. The van der Waals surface area contributed by atoms with Gasteiger partial charge in [-0.25, -0.2) is 0 Å². The number of amides is 1. The number of hydrogen-bond acceptors (Lipinski definition) is 1. The Balaban J connectivity index is 1.43. The van der Waals surface area contributed by atoms with Crippen LogP contribution in [-0.2, 0) is 4.79 Å². The maximum absolute atomic E-state index is 12.5. The van der Waals surface area contributed by atoms with Gasteiger partial charge in [0.15, 0.2) is 0 Å². The van der Waals surface area contributed by atoms with Crippen LogP contribution in [0.3, 0.4) is 0 Å². The lowest BCUT2D eigenvalue weighted by molar-refractivity contribution is -0.122. The van der Waals surface area contributed by atoms with Gasteiger partial charge in [-0.2, -0.15) is 0 Å². The molecule has 0 spiro atoms. The molecule has 0 aromatic heterocycles. The van der Waals surface area contributed by atoms with Crippen molar-refractivity contribution in [2.24, 2.45) is 17.8 Å². The minimum Gasteiger partial charge on any atom is -0.352 e. The monoisotopic (exact) mass is 267 g/mol. The fourth-order valence-corrected chi connectivity index (χ4v) is 3.45. The fraction of sp³-hybridized carbons (Fsp3) is 0.500. The molecule has 1 aromatic carbocycles. The Morgan fingerprint density at radius 2 is 1.70 bits per heavy atom. The Labute approximate surface area is 120 Å². The highest BCUT2D eigenvalue weighted by Crippen LogP contribution is 2.48. The van der Waals surface area contributed by atoms with Crippen molar-refractivity contribution in [1.29, 1.82) is 0 Å². The van der Waals surface area contributed by atoms with E-state index in [-0.39, 0.29) is 11.8 Å². The molecule has 1 atom stereocenters. The second-order valence-corrected chi connectivity index (χ2v) is 6.60. The molecule has 1 amide bonds. The van der Waals surface area contributed by atoms with Crippen molar-refractivity contribution in [3.8, 4) is 0 Å². The molecule has 2 nitrogen and oxygen atoms in total. The van der Waals surface area contributed by atoms with E-state index in [1.54, 1.807) is 0 Å². The quantitative estimate of drug-likeness (QED) is 0.870. The van der Waals surface area contributed by atoms with Gasteiger partial charge in [0.05, 0.1) is 5.92 Å². The molecule has 1 N–H and O–H groups in total. The Hall–Kier alpha value is -1.57. The predicted octanol–water partition coefficient (Wildman–Crippen LogP) is 3.39. The fourth-order valence-electron chi connectivity index (χ4n) is 3.45. The van der Waals surface area contributed by atoms with Crippen LogP contribution in [-0.4, -0.2) is 11.9 Å². The maximum atomic E-state index is 12.5. The van der Waals surface area contributed by atoms with Crippen molar-refractivity contribution >= 4 is 11.5 Å². The summed E-state index contributed by atoms with van der Waals surface area (Å²) in [5, 5.41) is 3.35. The molecule has 2 fully saturated rings. The van der Waals surface area contributed by atoms with Gasteiger partial charge in [0.2, 0.25) is 5.91 Å². The third-order valence-electron chi connectivity index (χ3n) is 4.98. The van der Waals surface area contributed by atoms with Gasteiger partial charge < -0.3 is 5.32 Å². The van der Waals surface area contributed by atoms with Crippen LogP contribution in [0, 0.1) is 17.8 Å². The summed E-state index contributed by atoms with van der Waals surface area (Å²) >= 11 is 0. The Kier molecular flexibility index (Phi) is 2.73. The molecule has 1 unspecified atom stereocenters. The average Bonchev–Trinajstić information content (AvgIpc) is 3.33. The van der Waals surface area contributed by atoms with Crippen LogP contribution in [0.2, 0.25) is 0 Å². The van der Waals surface area contributed by atoms with Crippen LogP contribution in [0.4, 0.5) is 0 Å². The Bertz CT molecular complexity index is 554. The predicted molar refractivity (Wildman–Crippen MR) is 79.9 cm³/mol. The van der Waals surface area contributed by atoms with Crippen LogP contribution >= 0.6 is 0 Å². The average molecular weight is 267 g/mol. The lowest BCUT2D eigenvalue weighted by atomic mass is 10.1. The summed E-state index contributed by atoms with van der Waals surface area (Å²) in [6.45, 7) is 2.09. The first kappa shape index (κ1) is 12.2. The standard InChI is InChI=1S/C18H21NO/c1-11-15(12-5-3-2-4-6-12)16(11)18(20)19-17(13-7-8-13)14-9-10-14/h2-6,13-14,16-17H,7-10H2,1H3,(H,19,20). The van der Waals surface area contributed by atoms with E-state index in [0.29, 0.717) is 6.04 Å². The molecule has 0 bridgehead atoms. The minimum atomic E-state index is 0.0393. The third kappa shape index (κ3) is 2.17. The van der Waals surface area contributed by atoms with Gasteiger partial charge in [-0.15, -0.1) is 0 Å². The van der Waals surface area contributed by atoms with Gasteiger partial charge in [-0.05, 0) is 55.6 Å². The van der Waals surface area contributed by atoms with Crippen LogP contribution in [0.15, 0.2) is 35.9 Å². The van der Waals surface area contributed by atoms with Gasteiger partial charge in [0, 0.05) is 6.04 Å². The summed E-state index contributed by atoms with van der Waals surface area (Å²) in [4.78, 5) is 12.5. The van der Waals surface area contributed by atoms with Crippen LogP contribution < -0.4 is 5.32 Å². The molecular weight excluding hydrogens is 246 g/mol. The van der Waals surface area contributed by atoms with E-state index < -0.39 is 0 Å². The maximum Gasteiger partial charge on any atom is 0.231 e. The van der Waals surface area contributed by atoms with E-state index in [1.807, 2.05) is 18.2 Å². The molecular formula is C18H21NO. The third-order valence-corrected chi connectivity index (χ3v) is 4.98. The normalized spacial score (nSPS) is 25.0. The molecule has 0 radical (unpaired) electrons. The smallest absolute Gasteiger partial charge is 0.231 e. The van der Waals surface area contributed by atoms with Crippen molar-refractivity contribution in [3.63, 3.8) is 0 Å². The first-order chi connectivity index (χ1) is 9.75. The first-order valence-electron chi connectivity index (χ1n) is 7.82. The number of carbonyl (C=O) groups is 1. The molecule has 3 aliphatic carbocycles. The van der Waals surface area contributed by atoms with Gasteiger partial charge in [-0.1, -0.05) is 35.9 Å². The zero-order chi connectivity index (χ0) is 13.7. The molecule has 1 aromatic rings. The van der Waals surface area contributed by atoms with E-state index >= 15 is 0 Å². The zero-order valence-electron chi connectivity index (χ0n) is 11.9. The molecule has 0 saturated heterocycles. The van der Waals surface area contributed by atoms with Crippen LogP contribution in [0.5, 0.6) is 0 Å². The molecule has 2 heteroatoms. The lowest BCUT2D eigenvalue weighted by Crippen LogP contribution is -2.39. The van der Waals surface area contributed by atoms with Gasteiger partial charge >= 0.3 is 0 Å². The number of nitrogens with one attached hydrogen (secondary N) is 1. The largest absolute Gasteiger partial charge is 0.352 e. The van der Waals surface area contributed by atoms with Crippen LogP contribution in [0.25, 0.3) is 5.57 Å². The van der Waals surface area contributed by atoms with Crippen molar-refractivity contribution < 1.29 is 4.79 Å². The van der Waals surface area contributed by atoms with Gasteiger partial charge in [0.25, 0.3) is 0 Å². The van der Waals surface area contributed by atoms with Gasteiger partial charge in [0.1, 0.15) is 0 Å². The number of benzene rings is 1. The molecule has 20 heavy (non-hydrogen) atoms. The number of rotatable bonds is 5. The van der Waals surface area contributed by atoms with Crippen molar-refractivity contribution in [2.45, 2.75) is 38.6 Å². The Morgan fingerprint density at radius 1 is 1.10 bits per heavy atom. The zero-order valence-corrected chi connectivity index (χ0v) is 11.9. The first-order valence-corrected chi connectivity index (χ1v) is 7.82. The summed E-state index contributed by atoms with van der Waals surface area (Å²) in [6, 6.07) is 10.8. The van der Waals surface area contributed by atoms with Crippen LogP contribution in [0.1, 0.15) is 38.2 Å². The Morgan fingerprint density at radius 3 is 2.25 bits per heavy atom. The summed E-state index contributed by atoms with van der Waals surface area (Å²) in [5.74, 6) is 1.82. The molecule has 4 rings (SSSR count). The minimum absolute atomic E-state index is 0.0393. The highest BCUT2D eigenvalue weighted by molar-refractivity contribution is 6.06. The van der Waals surface area contributed by atoms with E-state index in [0.717, 1.165) is 11.8 Å². The van der Waals surface area contributed by atoms with E-state index in [4.69, 9.17) is 0 Å². The summed E-state index contributed by atoms with van der Waals surface area (Å²) in [5.41, 5.74) is 3.70. The molecule has 2 saturated carbocycles. The number of hydrogen-bond donors (Lipinski definition) is 1. The highest BCUT2D eigenvalue weighted by Gasteiger charge is 2.46.